The van der Waals surface area contributed by atoms with Crippen LogP contribution in [0.5, 0.6) is 0 Å². The molecule has 5 heteroatoms. The summed E-state index contributed by atoms with van der Waals surface area (Å²) in [6.45, 7) is 5.62. The fraction of sp³-hybridized carbons (Fsp3) is 0.538. The van der Waals surface area contributed by atoms with Gasteiger partial charge < -0.3 is 0 Å². The van der Waals surface area contributed by atoms with Crippen molar-refractivity contribution in [2.45, 2.75) is 43.6 Å². The number of benzene rings is 1. The van der Waals surface area contributed by atoms with Crippen LogP contribution in [0.3, 0.4) is 0 Å². The van der Waals surface area contributed by atoms with E-state index < -0.39 is 23.0 Å². The normalized spacial score (nSPS) is 14.7. The van der Waals surface area contributed by atoms with E-state index in [-0.39, 0.29) is 4.83 Å². The first-order valence-corrected chi connectivity index (χ1v) is 6.47. The van der Waals surface area contributed by atoms with Gasteiger partial charge in [0.25, 0.3) is 0 Å². The van der Waals surface area contributed by atoms with Crippen molar-refractivity contribution in [1.29, 1.82) is 0 Å². The molecule has 0 radical (unpaired) electrons. The van der Waals surface area contributed by atoms with Crippen LogP contribution in [-0.2, 0) is 11.6 Å². The van der Waals surface area contributed by atoms with Gasteiger partial charge in [0.2, 0.25) is 0 Å². The SMILES string of the molecule is CC(Br)CC(C)(C)c1ccc(F)c(C(F)(F)F)c1. The second kappa shape index (κ2) is 5.19. The molecule has 0 amide bonds. The van der Waals surface area contributed by atoms with Gasteiger partial charge in [-0.15, -0.1) is 0 Å². The summed E-state index contributed by atoms with van der Waals surface area (Å²) in [5, 5.41) is 0. The number of halogens is 5. The molecule has 0 aliphatic heterocycles. The molecule has 1 aromatic carbocycles. The van der Waals surface area contributed by atoms with Crippen molar-refractivity contribution in [2.75, 3.05) is 0 Å². The van der Waals surface area contributed by atoms with Crippen LogP contribution >= 0.6 is 15.9 Å². The molecule has 0 heterocycles. The van der Waals surface area contributed by atoms with Crippen molar-refractivity contribution < 1.29 is 17.6 Å². The molecule has 1 atom stereocenters. The van der Waals surface area contributed by atoms with Gasteiger partial charge in [-0.25, -0.2) is 4.39 Å². The molecule has 0 saturated carbocycles. The lowest BCUT2D eigenvalue weighted by atomic mass is 9.80. The Bertz CT molecular complexity index is 421. The summed E-state index contributed by atoms with van der Waals surface area (Å²) in [7, 11) is 0. The summed E-state index contributed by atoms with van der Waals surface area (Å²) in [5.41, 5.74) is -1.16. The minimum atomic E-state index is -4.66. The van der Waals surface area contributed by atoms with Crippen LogP contribution in [0.15, 0.2) is 18.2 Å². The smallest absolute Gasteiger partial charge is 0.206 e. The second-order valence-electron chi connectivity index (χ2n) is 5.06. The van der Waals surface area contributed by atoms with Crippen LogP contribution in [-0.4, -0.2) is 4.83 Å². The fourth-order valence-corrected chi connectivity index (χ4v) is 2.79. The topological polar surface area (TPSA) is 0 Å². The Kier molecular flexibility index (Phi) is 4.47. The molecule has 0 aliphatic rings. The summed E-state index contributed by atoms with van der Waals surface area (Å²) < 4.78 is 51.1. The number of rotatable bonds is 3. The van der Waals surface area contributed by atoms with Gasteiger partial charge in [-0.3, -0.25) is 0 Å². The van der Waals surface area contributed by atoms with Crippen molar-refractivity contribution in [3.63, 3.8) is 0 Å². The van der Waals surface area contributed by atoms with Crippen molar-refractivity contribution in [3.8, 4) is 0 Å². The van der Waals surface area contributed by atoms with E-state index in [2.05, 4.69) is 15.9 Å². The predicted molar refractivity (Wildman–Crippen MR) is 67.4 cm³/mol. The van der Waals surface area contributed by atoms with E-state index >= 15 is 0 Å². The lowest BCUT2D eigenvalue weighted by Gasteiger charge is -2.27. The summed E-state index contributed by atoms with van der Waals surface area (Å²) in [5.74, 6) is -1.23. The molecule has 102 valence electrons. The Labute approximate surface area is 113 Å². The van der Waals surface area contributed by atoms with Crippen LogP contribution in [0.25, 0.3) is 0 Å². The quantitative estimate of drug-likeness (QED) is 0.522. The van der Waals surface area contributed by atoms with Gasteiger partial charge in [0.1, 0.15) is 5.82 Å². The van der Waals surface area contributed by atoms with E-state index in [1.54, 1.807) is 0 Å². The molecule has 0 saturated heterocycles. The minimum absolute atomic E-state index is 0.173. The third-order valence-corrected chi connectivity index (χ3v) is 3.17. The summed E-state index contributed by atoms with van der Waals surface area (Å²) in [6.07, 6.45) is -3.99. The van der Waals surface area contributed by atoms with Gasteiger partial charge in [-0.1, -0.05) is 42.8 Å². The first-order chi connectivity index (χ1) is 8.04. The number of hydrogen-bond donors (Lipinski definition) is 0. The maximum atomic E-state index is 13.2. The van der Waals surface area contributed by atoms with E-state index in [4.69, 9.17) is 0 Å². The van der Waals surface area contributed by atoms with Crippen LogP contribution in [0.1, 0.15) is 38.3 Å². The highest BCUT2D eigenvalue weighted by atomic mass is 79.9. The van der Waals surface area contributed by atoms with Crippen molar-refractivity contribution in [1.82, 2.24) is 0 Å². The minimum Gasteiger partial charge on any atom is -0.206 e. The molecule has 0 bridgehead atoms. The zero-order valence-corrected chi connectivity index (χ0v) is 12.0. The molecular formula is C13H15BrF4. The van der Waals surface area contributed by atoms with Crippen molar-refractivity contribution in [2.24, 2.45) is 0 Å². The average molecular weight is 327 g/mol. The van der Waals surface area contributed by atoms with E-state index in [0.717, 1.165) is 12.1 Å². The molecule has 18 heavy (non-hydrogen) atoms. The largest absolute Gasteiger partial charge is 0.419 e. The molecular weight excluding hydrogens is 312 g/mol. The molecule has 1 unspecified atom stereocenters. The third-order valence-electron chi connectivity index (χ3n) is 2.84. The lowest BCUT2D eigenvalue weighted by Crippen LogP contribution is -2.22. The van der Waals surface area contributed by atoms with Crippen LogP contribution < -0.4 is 0 Å². The monoisotopic (exact) mass is 326 g/mol. The zero-order chi connectivity index (χ0) is 14.1. The Hall–Kier alpha value is -0.580. The van der Waals surface area contributed by atoms with E-state index in [0.29, 0.717) is 12.0 Å². The lowest BCUT2D eigenvalue weighted by molar-refractivity contribution is -0.140. The van der Waals surface area contributed by atoms with E-state index in [1.165, 1.54) is 6.07 Å². The number of alkyl halides is 4. The Balaban J connectivity index is 3.20. The molecule has 0 N–H and O–H groups in total. The van der Waals surface area contributed by atoms with Gasteiger partial charge >= 0.3 is 6.18 Å². The van der Waals surface area contributed by atoms with Gasteiger partial charge in [0.05, 0.1) is 5.56 Å². The second-order valence-corrected chi connectivity index (χ2v) is 6.62. The van der Waals surface area contributed by atoms with Crippen LogP contribution in [0.4, 0.5) is 17.6 Å². The van der Waals surface area contributed by atoms with Gasteiger partial charge in [0, 0.05) is 4.83 Å². The Morgan fingerprint density at radius 1 is 1.22 bits per heavy atom. The molecule has 0 aliphatic carbocycles. The highest BCUT2D eigenvalue weighted by molar-refractivity contribution is 9.09. The molecule has 1 aromatic rings. The first kappa shape index (κ1) is 15.5. The van der Waals surface area contributed by atoms with Gasteiger partial charge in [-0.2, -0.15) is 13.2 Å². The van der Waals surface area contributed by atoms with Crippen molar-refractivity contribution >= 4 is 15.9 Å². The van der Waals surface area contributed by atoms with Crippen LogP contribution in [0, 0.1) is 5.82 Å². The molecule has 1 rings (SSSR count). The van der Waals surface area contributed by atoms with E-state index in [1.807, 2.05) is 20.8 Å². The predicted octanol–water partition coefficient (Wildman–Crippen LogP) is 5.30. The van der Waals surface area contributed by atoms with Gasteiger partial charge in [-0.05, 0) is 29.5 Å². The summed E-state index contributed by atoms with van der Waals surface area (Å²) in [6, 6.07) is 3.21. The number of hydrogen-bond acceptors (Lipinski definition) is 0. The molecule has 0 spiro atoms. The Morgan fingerprint density at radius 2 is 1.78 bits per heavy atom. The summed E-state index contributed by atoms with van der Waals surface area (Å²) in [4.78, 5) is 0.173. The van der Waals surface area contributed by atoms with Gasteiger partial charge in [0.15, 0.2) is 0 Å². The highest BCUT2D eigenvalue weighted by Crippen LogP contribution is 2.36. The first-order valence-electron chi connectivity index (χ1n) is 5.55. The van der Waals surface area contributed by atoms with E-state index in [9.17, 15) is 17.6 Å². The standard InChI is InChI=1S/C13H15BrF4/c1-8(14)7-12(2,3)9-4-5-11(15)10(6-9)13(16,17)18/h4-6,8H,7H2,1-3H3. The van der Waals surface area contributed by atoms with Crippen molar-refractivity contribution in [3.05, 3.63) is 35.1 Å². The molecule has 0 aromatic heterocycles. The fourth-order valence-electron chi connectivity index (χ4n) is 1.98. The third kappa shape index (κ3) is 3.70. The maximum absolute atomic E-state index is 13.2. The maximum Gasteiger partial charge on any atom is 0.419 e. The van der Waals surface area contributed by atoms with Crippen LogP contribution in [0.2, 0.25) is 0 Å². The average Bonchev–Trinajstić information content (AvgIpc) is 2.13. The summed E-state index contributed by atoms with van der Waals surface area (Å²) >= 11 is 3.38. The zero-order valence-electron chi connectivity index (χ0n) is 10.4. The Morgan fingerprint density at radius 3 is 2.22 bits per heavy atom. The molecule has 0 fully saturated rings. The molecule has 0 nitrogen and oxygen atoms in total. The highest BCUT2D eigenvalue weighted by Gasteiger charge is 2.35.